The number of nitrogens with zero attached hydrogens (tertiary/aromatic N) is 1. The maximum absolute atomic E-state index is 11.6. The van der Waals surface area contributed by atoms with E-state index in [4.69, 9.17) is 11.6 Å². The van der Waals surface area contributed by atoms with E-state index in [0.29, 0.717) is 6.42 Å². The highest BCUT2D eigenvalue weighted by molar-refractivity contribution is 6.30. The fourth-order valence-corrected chi connectivity index (χ4v) is 2.50. The first kappa shape index (κ1) is 16.1. The molecule has 1 heterocycles. The third-order valence-electron chi connectivity index (χ3n) is 3.09. The van der Waals surface area contributed by atoms with Crippen LogP contribution in [0.25, 0.3) is 0 Å². The Balaban J connectivity index is 0.00000180. The number of rotatable bonds is 4. The lowest BCUT2D eigenvalue weighted by Crippen LogP contribution is -2.33. The summed E-state index contributed by atoms with van der Waals surface area (Å²) in [6, 6.07) is 6.19. The summed E-state index contributed by atoms with van der Waals surface area (Å²) >= 11 is 5.97. The molecule has 0 radical (unpaired) electrons. The summed E-state index contributed by atoms with van der Waals surface area (Å²) in [6.07, 6.45) is 1.56. The topological polar surface area (TPSA) is 32.3 Å². The van der Waals surface area contributed by atoms with Crippen LogP contribution in [0.1, 0.15) is 25.8 Å². The molecule has 1 aromatic carbocycles. The van der Waals surface area contributed by atoms with Crippen molar-refractivity contribution >= 4 is 35.6 Å². The summed E-state index contributed by atoms with van der Waals surface area (Å²) in [5, 5.41) is 3.70. The molecule has 0 unspecified atom stereocenters. The Hall–Kier alpha value is -0.930. The van der Waals surface area contributed by atoms with Gasteiger partial charge in [-0.15, -0.1) is 12.4 Å². The van der Waals surface area contributed by atoms with Crippen molar-refractivity contribution in [2.45, 2.75) is 32.7 Å². The SMILES string of the molecule is CC(C)NC(=O)CCN1CCc2cc(Cl)ccc21.Cl. The highest BCUT2D eigenvalue weighted by atomic mass is 35.5. The summed E-state index contributed by atoms with van der Waals surface area (Å²) in [4.78, 5) is 13.9. The Morgan fingerprint density at radius 1 is 1.47 bits per heavy atom. The molecule has 1 aromatic rings. The standard InChI is InChI=1S/C14H19ClN2O.ClH/c1-10(2)16-14(18)6-8-17-7-5-11-9-12(15)3-4-13(11)17;/h3-4,9-10H,5-8H2,1-2H3,(H,16,18);1H. The molecule has 1 aliphatic rings. The molecule has 0 atom stereocenters. The van der Waals surface area contributed by atoms with Crippen LogP contribution in [0.5, 0.6) is 0 Å². The molecule has 0 fully saturated rings. The van der Waals surface area contributed by atoms with Crippen molar-refractivity contribution in [3.8, 4) is 0 Å². The van der Waals surface area contributed by atoms with Gasteiger partial charge in [0.1, 0.15) is 0 Å². The molecule has 0 saturated carbocycles. The van der Waals surface area contributed by atoms with Crippen LogP contribution in [0.3, 0.4) is 0 Å². The van der Waals surface area contributed by atoms with Gasteiger partial charge < -0.3 is 10.2 Å². The van der Waals surface area contributed by atoms with Gasteiger partial charge in [-0.2, -0.15) is 0 Å². The maximum atomic E-state index is 11.6. The molecule has 1 aliphatic heterocycles. The number of hydrogen-bond acceptors (Lipinski definition) is 2. The number of hydrogen-bond donors (Lipinski definition) is 1. The minimum atomic E-state index is 0. The average molecular weight is 303 g/mol. The van der Waals surface area contributed by atoms with Crippen LogP contribution in [0.2, 0.25) is 5.02 Å². The van der Waals surface area contributed by atoms with E-state index in [1.54, 1.807) is 0 Å². The molecule has 1 amide bonds. The molecule has 3 nitrogen and oxygen atoms in total. The van der Waals surface area contributed by atoms with E-state index in [1.165, 1.54) is 11.3 Å². The maximum Gasteiger partial charge on any atom is 0.221 e. The lowest BCUT2D eigenvalue weighted by atomic mass is 10.2. The van der Waals surface area contributed by atoms with Gasteiger partial charge in [-0.25, -0.2) is 0 Å². The van der Waals surface area contributed by atoms with Crippen LogP contribution in [0.15, 0.2) is 18.2 Å². The molecule has 1 N–H and O–H groups in total. The van der Waals surface area contributed by atoms with Crippen molar-refractivity contribution in [3.05, 3.63) is 28.8 Å². The Bertz CT molecular complexity index is 449. The monoisotopic (exact) mass is 302 g/mol. The average Bonchev–Trinajstić information content (AvgIpc) is 2.67. The Labute approximate surface area is 125 Å². The molecule has 2 rings (SSSR count). The summed E-state index contributed by atoms with van der Waals surface area (Å²) in [6.45, 7) is 5.70. The van der Waals surface area contributed by atoms with E-state index in [-0.39, 0.29) is 24.4 Å². The smallest absolute Gasteiger partial charge is 0.221 e. The number of anilines is 1. The third kappa shape index (κ3) is 4.29. The lowest BCUT2D eigenvalue weighted by Gasteiger charge is -2.19. The normalized spacial score (nSPS) is 13.2. The van der Waals surface area contributed by atoms with Gasteiger partial charge in [0.25, 0.3) is 0 Å². The van der Waals surface area contributed by atoms with E-state index >= 15 is 0 Å². The lowest BCUT2D eigenvalue weighted by molar-refractivity contribution is -0.121. The molecule has 19 heavy (non-hydrogen) atoms. The number of nitrogens with one attached hydrogen (secondary N) is 1. The van der Waals surface area contributed by atoms with Crippen LogP contribution in [-0.2, 0) is 11.2 Å². The predicted molar refractivity (Wildman–Crippen MR) is 82.5 cm³/mol. The van der Waals surface area contributed by atoms with Gasteiger partial charge in [-0.05, 0) is 44.0 Å². The number of benzene rings is 1. The zero-order chi connectivity index (χ0) is 13.1. The van der Waals surface area contributed by atoms with E-state index in [0.717, 1.165) is 24.5 Å². The fraction of sp³-hybridized carbons (Fsp3) is 0.500. The van der Waals surface area contributed by atoms with E-state index in [2.05, 4.69) is 10.2 Å². The van der Waals surface area contributed by atoms with Gasteiger partial charge in [0.05, 0.1) is 0 Å². The minimum absolute atomic E-state index is 0. The van der Waals surface area contributed by atoms with E-state index in [1.807, 2.05) is 32.0 Å². The van der Waals surface area contributed by atoms with Crippen molar-refractivity contribution in [3.63, 3.8) is 0 Å². The van der Waals surface area contributed by atoms with E-state index in [9.17, 15) is 4.79 Å². The zero-order valence-corrected chi connectivity index (χ0v) is 12.9. The van der Waals surface area contributed by atoms with Crippen molar-refractivity contribution < 1.29 is 4.79 Å². The Morgan fingerprint density at radius 2 is 2.21 bits per heavy atom. The van der Waals surface area contributed by atoms with Gasteiger partial charge >= 0.3 is 0 Å². The molecular weight excluding hydrogens is 283 g/mol. The molecule has 5 heteroatoms. The van der Waals surface area contributed by atoms with Crippen molar-refractivity contribution in [1.82, 2.24) is 5.32 Å². The zero-order valence-electron chi connectivity index (χ0n) is 11.3. The number of fused-ring (bicyclic) bond motifs is 1. The van der Waals surface area contributed by atoms with Crippen LogP contribution in [0, 0.1) is 0 Å². The Kier molecular flexibility index (Phi) is 5.95. The van der Waals surface area contributed by atoms with E-state index < -0.39 is 0 Å². The number of carbonyl (C=O) groups is 1. The minimum Gasteiger partial charge on any atom is -0.370 e. The van der Waals surface area contributed by atoms with Crippen LogP contribution in [-0.4, -0.2) is 25.0 Å². The molecule has 0 spiro atoms. The summed E-state index contributed by atoms with van der Waals surface area (Å²) < 4.78 is 0. The Morgan fingerprint density at radius 3 is 2.89 bits per heavy atom. The van der Waals surface area contributed by atoms with Crippen LogP contribution in [0.4, 0.5) is 5.69 Å². The number of amides is 1. The van der Waals surface area contributed by atoms with Crippen molar-refractivity contribution in [2.75, 3.05) is 18.0 Å². The number of carbonyl (C=O) groups excluding carboxylic acids is 1. The van der Waals surface area contributed by atoms with Gasteiger partial charge in [-0.3, -0.25) is 4.79 Å². The highest BCUT2D eigenvalue weighted by Gasteiger charge is 2.19. The van der Waals surface area contributed by atoms with Crippen LogP contribution < -0.4 is 10.2 Å². The van der Waals surface area contributed by atoms with Gasteiger partial charge in [0.15, 0.2) is 0 Å². The first-order valence-corrected chi connectivity index (χ1v) is 6.77. The molecule has 106 valence electrons. The van der Waals surface area contributed by atoms with Gasteiger partial charge in [-0.1, -0.05) is 11.6 Å². The second kappa shape index (κ2) is 7.01. The molecule has 0 aromatic heterocycles. The predicted octanol–water partition coefficient (Wildman–Crippen LogP) is 3.04. The summed E-state index contributed by atoms with van der Waals surface area (Å²) in [5.74, 6) is 0.118. The molecule has 0 bridgehead atoms. The van der Waals surface area contributed by atoms with Crippen molar-refractivity contribution in [1.29, 1.82) is 0 Å². The summed E-state index contributed by atoms with van der Waals surface area (Å²) in [5.41, 5.74) is 2.50. The number of halogens is 2. The molecule has 0 aliphatic carbocycles. The van der Waals surface area contributed by atoms with Gasteiger partial charge in [0, 0.05) is 36.3 Å². The first-order valence-electron chi connectivity index (χ1n) is 6.39. The van der Waals surface area contributed by atoms with Crippen molar-refractivity contribution in [2.24, 2.45) is 0 Å². The van der Waals surface area contributed by atoms with Crippen LogP contribution >= 0.6 is 24.0 Å². The second-order valence-electron chi connectivity index (χ2n) is 4.98. The quantitative estimate of drug-likeness (QED) is 0.927. The second-order valence-corrected chi connectivity index (χ2v) is 5.42. The molecular formula is C14H20Cl2N2O. The third-order valence-corrected chi connectivity index (χ3v) is 3.33. The highest BCUT2D eigenvalue weighted by Crippen LogP contribution is 2.30. The fourth-order valence-electron chi connectivity index (χ4n) is 2.30. The largest absolute Gasteiger partial charge is 0.370 e. The summed E-state index contributed by atoms with van der Waals surface area (Å²) in [7, 11) is 0. The van der Waals surface area contributed by atoms with Gasteiger partial charge in [0.2, 0.25) is 5.91 Å². The molecule has 0 saturated heterocycles. The first-order chi connectivity index (χ1) is 8.56.